The van der Waals surface area contributed by atoms with Crippen molar-refractivity contribution >= 4 is 33.2 Å². The van der Waals surface area contributed by atoms with Crippen LogP contribution in [0.25, 0.3) is 0 Å². The molecule has 0 radical (unpaired) electrons. The first-order valence-electron chi connectivity index (χ1n) is 5.80. The van der Waals surface area contributed by atoms with Crippen molar-refractivity contribution in [2.75, 3.05) is 0 Å². The molecule has 0 fully saturated rings. The lowest BCUT2D eigenvalue weighted by Gasteiger charge is -2.08. The van der Waals surface area contributed by atoms with Gasteiger partial charge in [-0.05, 0) is 23.8 Å². The Balaban J connectivity index is 2.04. The molecule has 0 saturated heterocycles. The zero-order chi connectivity index (χ0) is 14.5. The largest absolute Gasteiger partial charge is 0.489 e. The first-order chi connectivity index (χ1) is 9.60. The van der Waals surface area contributed by atoms with Gasteiger partial charge in [-0.3, -0.25) is 10.1 Å². The molecule has 0 aromatic heterocycles. The lowest BCUT2D eigenvalue weighted by atomic mass is 10.2. The Bertz CT molecular complexity index is 616. The molecule has 0 spiro atoms. The number of non-ortho nitro benzene ring substituents is 1. The molecule has 0 bridgehead atoms. The summed E-state index contributed by atoms with van der Waals surface area (Å²) in [5, 5.41) is 11.7. The maximum atomic E-state index is 10.6. The van der Waals surface area contributed by atoms with Crippen LogP contribution in [0.2, 0.25) is 5.02 Å². The first kappa shape index (κ1) is 14.8. The van der Waals surface area contributed by atoms with Gasteiger partial charge in [0.25, 0.3) is 5.69 Å². The van der Waals surface area contributed by atoms with E-state index >= 15 is 0 Å². The second-order valence-corrected chi connectivity index (χ2v) is 5.07. The second-order valence-electron chi connectivity index (χ2n) is 4.10. The Labute approximate surface area is 129 Å². The van der Waals surface area contributed by atoms with E-state index in [1.165, 1.54) is 12.1 Å². The number of hydrogen-bond acceptors (Lipinski definition) is 3. The number of rotatable bonds is 5. The number of ether oxygens (including phenoxy) is 1. The maximum absolute atomic E-state index is 10.6. The van der Waals surface area contributed by atoms with Gasteiger partial charge in [-0.25, -0.2) is 0 Å². The van der Waals surface area contributed by atoms with Gasteiger partial charge in [0, 0.05) is 23.0 Å². The highest BCUT2D eigenvalue weighted by Crippen LogP contribution is 2.24. The van der Waals surface area contributed by atoms with Crippen molar-refractivity contribution in [2.45, 2.75) is 11.9 Å². The number of nitrogens with zero attached hydrogens (tertiary/aromatic N) is 1. The normalized spacial score (nSPS) is 10.3. The van der Waals surface area contributed by atoms with Crippen molar-refractivity contribution in [1.82, 2.24) is 0 Å². The molecule has 0 unspecified atom stereocenters. The third-order valence-electron chi connectivity index (χ3n) is 2.72. The van der Waals surface area contributed by atoms with Crippen LogP contribution in [0.3, 0.4) is 0 Å². The molecule has 2 rings (SSSR count). The molecular formula is C14H11BrClNO3. The Kier molecular flexibility index (Phi) is 4.98. The molecule has 0 atom stereocenters. The molecule has 6 heteroatoms. The van der Waals surface area contributed by atoms with Crippen LogP contribution in [0.1, 0.15) is 11.1 Å². The van der Waals surface area contributed by atoms with Crippen LogP contribution in [0.15, 0.2) is 42.5 Å². The molecule has 0 aliphatic rings. The summed E-state index contributed by atoms with van der Waals surface area (Å²) in [4.78, 5) is 10.1. The standard InChI is InChI=1S/C14H11BrClNO3/c15-8-10-1-5-13(6-2-10)20-9-11-3-4-12(17(18)19)7-14(11)16/h1-7H,8-9H2. The van der Waals surface area contributed by atoms with E-state index in [0.29, 0.717) is 10.6 Å². The average Bonchev–Trinajstić information content (AvgIpc) is 2.46. The van der Waals surface area contributed by atoms with Crippen LogP contribution in [-0.2, 0) is 11.9 Å². The highest BCUT2D eigenvalue weighted by molar-refractivity contribution is 9.08. The molecule has 4 nitrogen and oxygen atoms in total. The van der Waals surface area contributed by atoms with Crippen molar-refractivity contribution in [3.05, 3.63) is 68.7 Å². The second kappa shape index (κ2) is 6.72. The SMILES string of the molecule is O=[N+]([O-])c1ccc(COc2ccc(CBr)cc2)c(Cl)c1. The topological polar surface area (TPSA) is 52.4 Å². The molecule has 0 N–H and O–H groups in total. The van der Waals surface area contributed by atoms with E-state index in [-0.39, 0.29) is 12.3 Å². The van der Waals surface area contributed by atoms with Gasteiger partial charge in [0.05, 0.1) is 9.95 Å². The number of nitro benzene ring substituents is 1. The smallest absolute Gasteiger partial charge is 0.270 e. The summed E-state index contributed by atoms with van der Waals surface area (Å²) < 4.78 is 5.60. The number of halogens is 2. The minimum Gasteiger partial charge on any atom is -0.489 e. The molecule has 0 saturated carbocycles. The van der Waals surface area contributed by atoms with Gasteiger partial charge in [-0.15, -0.1) is 0 Å². The van der Waals surface area contributed by atoms with Crippen LogP contribution < -0.4 is 4.74 Å². The maximum Gasteiger partial charge on any atom is 0.270 e. The van der Waals surface area contributed by atoms with E-state index in [1.54, 1.807) is 6.07 Å². The quantitative estimate of drug-likeness (QED) is 0.442. The minimum absolute atomic E-state index is 0.0274. The van der Waals surface area contributed by atoms with E-state index < -0.39 is 4.92 Å². The van der Waals surface area contributed by atoms with Crippen LogP contribution in [0.4, 0.5) is 5.69 Å². The fraction of sp³-hybridized carbons (Fsp3) is 0.143. The van der Waals surface area contributed by atoms with Gasteiger partial charge < -0.3 is 4.74 Å². The summed E-state index contributed by atoms with van der Waals surface area (Å²) in [5.74, 6) is 0.726. The summed E-state index contributed by atoms with van der Waals surface area (Å²) in [6, 6.07) is 12.0. The van der Waals surface area contributed by atoms with E-state index in [0.717, 1.165) is 16.6 Å². The average molecular weight is 357 g/mol. The van der Waals surface area contributed by atoms with Crippen LogP contribution in [-0.4, -0.2) is 4.92 Å². The predicted octanol–water partition coefficient (Wildman–Crippen LogP) is 4.72. The van der Waals surface area contributed by atoms with Crippen LogP contribution in [0, 0.1) is 10.1 Å². The molecule has 0 heterocycles. The molecule has 20 heavy (non-hydrogen) atoms. The van der Waals surface area contributed by atoms with Crippen LogP contribution >= 0.6 is 27.5 Å². The van der Waals surface area contributed by atoms with Crippen molar-refractivity contribution in [2.24, 2.45) is 0 Å². The van der Waals surface area contributed by atoms with Crippen LogP contribution in [0.5, 0.6) is 5.75 Å². The Morgan fingerprint density at radius 3 is 2.45 bits per heavy atom. The summed E-state index contributed by atoms with van der Waals surface area (Å²) in [7, 11) is 0. The lowest BCUT2D eigenvalue weighted by Crippen LogP contribution is -1.97. The third kappa shape index (κ3) is 3.71. The summed E-state index contributed by atoms with van der Waals surface area (Å²) >= 11 is 9.37. The van der Waals surface area contributed by atoms with Crippen molar-refractivity contribution in [3.8, 4) is 5.75 Å². The van der Waals surface area contributed by atoms with Crippen molar-refractivity contribution < 1.29 is 9.66 Å². The lowest BCUT2D eigenvalue weighted by molar-refractivity contribution is -0.384. The highest BCUT2D eigenvalue weighted by Gasteiger charge is 2.09. The minimum atomic E-state index is -0.477. The summed E-state index contributed by atoms with van der Waals surface area (Å²) in [6.07, 6.45) is 0. The Hall–Kier alpha value is -1.59. The van der Waals surface area contributed by atoms with E-state index in [1.807, 2.05) is 24.3 Å². The van der Waals surface area contributed by atoms with Gasteiger partial charge in [-0.2, -0.15) is 0 Å². The van der Waals surface area contributed by atoms with Gasteiger partial charge in [0.15, 0.2) is 0 Å². The number of alkyl halides is 1. The predicted molar refractivity (Wildman–Crippen MR) is 81.5 cm³/mol. The van der Waals surface area contributed by atoms with E-state index in [4.69, 9.17) is 16.3 Å². The molecule has 0 aliphatic heterocycles. The monoisotopic (exact) mass is 355 g/mol. The zero-order valence-electron chi connectivity index (χ0n) is 10.4. The first-order valence-corrected chi connectivity index (χ1v) is 7.30. The molecule has 104 valence electrons. The number of benzene rings is 2. The van der Waals surface area contributed by atoms with E-state index in [2.05, 4.69) is 15.9 Å². The van der Waals surface area contributed by atoms with Gasteiger partial charge in [0.1, 0.15) is 12.4 Å². The fourth-order valence-corrected chi connectivity index (χ4v) is 2.21. The molecule has 0 aliphatic carbocycles. The van der Waals surface area contributed by atoms with Crippen molar-refractivity contribution in [1.29, 1.82) is 0 Å². The van der Waals surface area contributed by atoms with Crippen molar-refractivity contribution in [3.63, 3.8) is 0 Å². The molecule has 2 aromatic carbocycles. The molecular weight excluding hydrogens is 346 g/mol. The Morgan fingerprint density at radius 1 is 1.20 bits per heavy atom. The van der Waals surface area contributed by atoms with E-state index in [9.17, 15) is 10.1 Å². The fourth-order valence-electron chi connectivity index (χ4n) is 1.60. The third-order valence-corrected chi connectivity index (χ3v) is 3.72. The number of nitro groups is 1. The van der Waals surface area contributed by atoms with Gasteiger partial charge in [0.2, 0.25) is 0 Å². The van der Waals surface area contributed by atoms with Gasteiger partial charge in [-0.1, -0.05) is 39.7 Å². The molecule has 2 aromatic rings. The zero-order valence-corrected chi connectivity index (χ0v) is 12.7. The Morgan fingerprint density at radius 2 is 1.90 bits per heavy atom. The summed E-state index contributed by atoms with van der Waals surface area (Å²) in [6.45, 7) is 0.268. The number of hydrogen-bond donors (Lipinski definition) is 0. The molecule has 0 amide bonds. The summed E-state index contributed by atoms with van der Waals surface area (Å²) in [5.41, 5.74) is 1.84. The highest BCUT2D eigenvalue weighted by atomic mass is 79.9. The van der Waals surface area contributed by atoms with Gasteiger partial charge >= 0.3 is 0 Å².